The van der Waals surface area contributed by atoms with Gasteiger partial charge in [0.2, 0.25) is 5.91 Å². The van der Waals surface area contributed by atoms with Gasteiger partial charge in [-0.3, -0.25) is 9.69 Å². The third kappa shape index (κ3) is 2.49. The Hall–Kier alpha value is -0.980. The lowest BCUT2D eigenvalue weighted by atomic mass is 9.78. The number of carbonyl (C=O) groups excluding carboxylic acids is 1. The molecule has 0 radical (unpaired) electrons. The highest BCUT2D eigenvalue weighted by atomic mass is 79.9. The number of halogens is 1. The molecule has 1 N–H and O–H groups in total. The van der Waals surface area contributed by atoms with Gasteiger partial charge in [0.1, 0.15) is 10.1 Å². The molecule has 1 fully saturated rings. The largest absolute Gasteiger partial charge is 0.389 e. The van der Waals surface area contributed by atoms with Crippen molar-refractivity contribution in [3.63, 3.8) is 0 Å². The summed E-state index contributed by atoms with van der Waals surface area (Å²) in [5, 5.41) is 10.1. The van der Waals surface area contributed by atoms with Crippen molar-refractivity contribution in [3.8, 4) is 0 Å². The zero-order chi connectivity index (χ0) is 15.3. The first-order chi connectivity index (χ1) is 9.83. The number of anilines is 1. The van der Waals surface area contributed by atoms with Crippen LogP contribution in [-0.4, -0.2) is 45.7 Å². The van der Waals surface area contributed by atoms with Crippen LogP contribution in [0.3, 0.4) is 0 Å². The summed E-state index contributed by atoms with van der Waals surface area (Å²) in [6.45, 7) is 4.56. The van der Waals surface area contributed by atoms with E-state index in [1.54, 1.807) is 24.9 Å². The molecule has 0 spiro atoms. The Kier molecular flexibility index (Phi) is 3.58. The number of alkyl halides is 1. The monoisotopic (exact) mass is 354 g/mol. The first kappa shape index (κ1) is 14.9. The average molecular weight is 355 g/mol. The van der Waals surface area contributed by atoms with Crippen LogP contribution in [0.4, 0.5) is 5.82 Å². The van der Waals surface area contributed by atoms with Crippen molar-refractivity contribution < 1.29 is 14.6 Å². The van der Waals surface area contributed by atoms with Crippen LogP contribution in [0.25, 0.3) is 0 Å². The van der Waals surface area contributed by atoms with Crippen LogP contribution in [0.15, 0.2) is 18.3 Å². The first-order valence-electron chi connectivity index (χ1n) is 7.09. The Bertz CT molecular complexity index is 572. The maximum absolute atomic E-state index is 13.0. The van der Waals surface area contributed by atoms with Gasteiger partial charge in [-0.25, -0.2) is 4.98 Å². The number of hydrogen-bond acceptors (Lipinski definition) is 4. The highest BCUT2D eigenvalue weighted by molar-refractivity contribution is 9.10. The second kappa shape index (κ2) is 5.04. The van der Waals surface area contributed by atoms with Crippen molar-refractivity contribution in [2.45, 2.75) is 36.1 Å². The molecule has 5 nitrogen and oxygen atoms in total. The van der Waals surface area contributed by atoms with Crippen LogP contribution < -0.4 is 4.90 Å². The molecule has 0 aliphatic carbocycles. The summed E-state index contributed by atoms with van der Waals surface area (Å²) < 4.78 is 4.77. The van der Waals surface area contributed by atoms with Gasteiger partial charge in [0, 0.05) is 24.3 Å². The van der Waals surface area contributed by atoms with Crippen molar-refractivity contribution in [2.75, 3.05) is 24.7 Å². The molecule has 1 amide bonds. The second-order valence-electron chi connectivity index (χ2n) is 6.38. The Morgan fingerprint density at radius 3 is 3.10 bits per heavy atom. The molecule has 2 atom stereocenters. The van der Waals surface area contributed by atoms with Crippen LogP contribution >= 0.6 is 15.9 Å². The minimum atomic E-state index is -0.990. The Balaban J connectivity index is 2.11. The van der Waals surface area contributed by atoms with E-state index in [9.17, 15) is 9.90 Å². The van der Waals surface area contributed by atoms with E-state index in [0.29, 0.717) is 19.0 Å². The lowest BCUT2D eigenvalue weighted by Gasteiger charge is -2.47. The predicted octanol–water partition coefficient (Wildman–Crippen LogP) is 1.84. The fourth-order valence-electron chi connectivity index (χ4n) is 3.13. The number of hydrogen-bond donors (Lipinski definition) is 1. The number of rotatable bonds is 2. The molecule has 2 aliphatic heterocycles. The minimum Gasteiger partial charge on any atom is -0.389 e. The molecular formula is C15H19BrN2O3. The molecule has 1 aromatic rings. The number of pyridine rings is 1. The van der Waals surface area contributed by atoms with Crippen LogP contribution in [0.2, 0.25) is 0 Å². The minimum absolute atomic E-state index is 0.0560. The van der Waals surface area contributed by atoms with E-state index in [0.717, 1.165) is 12.0 Å². The molecule has 3 heterocycles. The molecule has 0 saturated carbocycles. The quantitative estimate of drug-likeness (QED) is 0.823. The lowest BCUT2D eigenvalue weighted by molar-refractivity contribution is -0.126. The van der Waals surface area contributed by atoms with Crippen LogP contribution in [-0.2, 0) is 9.53 Å². The van der Waals surface area contributed by atoms with Gasteiger partial charge in [-0.1, -0.05) is 22.0 Å². The molecule has 0 aromatic carbocycles. The fraction of sp³-hybridized carbons (Fsp3) is 0.600. The zero-order valence-electron chi connectivity index (χ0n) is 12.2. The van der Waals surface area contributed by atoms with Crippen LogP contribution in [0.5, 0.6) is 0 Å². The van der Waals surface area contributed by atoms with Crippen molar-refractivity contribution in [1.82, 2.24) is 4.98 Å². The molecule has 21 heavy (non-hydrogen) atoms. The number of fused-ring (bicyclic) bond motifs is 3. The Morgan fingerprint density at radius 1 is 1.62 bits per heavy atom. The average Bonchev–Trinajstić information content (AvgIpc) is 2.43. The van der Waals surface area contributed by atoms with Gasteiger partial charge in [0.15, 0.2) is 0 Å². The molecule has 3 rings (SSSR count). The van der Waals surface area contributed by atoms with E-state index in [1.165, 1.54) is 0 Å². The Morgan fingerprint density at radius 2 is 2.38 bits per heavy atom. The summed E-state index contributed by atoms with van der Waals surface area (Å²) in [5.41, 5.74) is 0.0532. The summed E-state index contributed by atoms with van der Waals surface area (Å²) in [7, 11) is 0. The van der Waals surface area contributed by atoms with Crippen LogP contribution in [0.1, 0.15) is 31.7 Å². The smallest absolute Gasteiger partial charge is 0.248 e. The molecular weight excluding hydrogens is 336 g/mol. The van der Waals surface area contributed by atoms with Crippen molar-refractivity contribution in [1.29, 1.82) is 0 Å². The predicted molar refractivity (Wildman–Crippen MR) is 82.7 cm³/mol. The van der Waals surface area contributed by atoms with Crippen molar-refractivity contribution in [3.05, 3.63) is 23.9 Å². The summed E-state index contributed by atoms with van der Waals surface area (Å²) in [4.78, 5) is 18.9. The summed E-state index contributed by atoms with van der Waals surface area (Å²) in [6, 6.07) is 3.90. The number of β-amino-alcohol motifs (C(OH)–C–C–N with tert-alkyl or cyclic N) is 1. The van der Waals surface area contributed by atoms with E-state index in [-0.39, 0.29) is 18.4 Å². The molecule has 0 bridgehead atoms. The first-order valence-corrected chi connectivity index (χ1v) is 7.88. The highest BCUT2D eigenvalue weighted by Gasteiger charge is 2.54. The van der Waals surface area contributed by atoms with Gasteiger partial charge < -0.3 is 9.84 Å². The number of ether oxygens (including phenoxy) is 1. The van der Waals surface area contributed by atoms with Crippen molar-refractivity contribution in [2.24, 2.45) is 0 Å². The molecule has 2 aliphatic rings. The van der Waals surface area contributed by atoms with E-state index >= 15 is 0 Å². The third-order valence-corrected chi connectivity index (χ3v) is 5.13. The fourth-order valence-corrected chi connectivity index (χ4v) is 3.98. The maximum atomic E-state index is 13.0. The van der Waals surface area contributed by atoms with Gasteiger partial charge in [-0.05, 0) is 26.3 Å². The molecule has 1 aromatic heterocycles. The van der Waals surface area contributed by atoms with Gasteiger partial charge in [-0.2, -0.15) is 0 Å². The SMILES string of the molecule is CC(C)(O)CN1C(=O)C2(Br)COCCC2c2cccnc21. The third-order valence-electron chi connectivity index (χ3n) is 4.01. The zero-order valence-corrected chi connectivity index (χ0v) is 13.8. The summed E-state index contributed by atoms with van der Waals surface area (Å²) >= 11 is 3.63. The van der Waals surface area contributed by atoms with E-state index in [1.807, 2.05) is 12.1 Å². The number of carbonyl (C=O) groups is 1. The van der Waals surface area contributed by atoms with E-state index in [4.69, 9.17) is 4.74 Å². The molecule has 2 unspecified atom stereocenters. The number of aromatic nitrogens is 1. The number of aliphatic hydroxyl groups is 1. The molecule has 1 saturated heterocycles. The van der Waals surface area contributed by atoms with E-state index in [2.05, 4.69) is 20.9 Å². The lowest BCUT2D eigenvalue weighted by Crippen LogP contribution is -2.59. The van der Waals surface area contributed by atoms with Crippen molar-refractivity contribution >= 4 is 27.7 Å². The second-order valence-corrected chi connectivity index (χ2v) is 7.79. The van der Waals surface area contributed by atoms with Crippen LogP contribution in [0, 0.1) is 0 Å². The topological polar surface area (TPSA) is 62.7 Å². The van der Waals surface area contributed by atoms with E-state index < -0.39 is 9.93 Å². The standard InChI is InChI=1S/C15H19BrN2O3/c1-14(2,20)8-18-12-10(4-3-6-17-12)11-5-7-21-9-15(11,16)13(18)19/h3-4,6,11,20H,5,7-9H2,1-2H3. The molecule has 6 heteroatoms. The number of nitrogens with zero attached hydrogens (tertiary/aromatic N) is 2. The van der Waals surface area contributed by atoms with Gasteiger partial charge in [-0.15, -0.1) is 0 Å². The number of amides is 1. The normalized spacial score (nSPS) is 29.0. The highest BCUT2D eigenvalue weighted by Crippen LogP contribution is 2.49. The van der Waals surface area contributed by atoms with Gasteiger partial charge >= 0.3 is 0 Å². The summed E-state index contributed by atoms with van der Waals surface area (Å²) in [6.07, 6.45) is 2.47. The summed E-state index contributed by atoms with van der Waals surface area (Å²) in [5.74, 6) is 0.632. The molecule has 114 valence electrons. The van der Waals surface area contributed by atoms with Gasteiger partial charge in [0.25, 0.3) is 0 Å². The van der Waals surface area contributed by atoms with Gasteiger partial charge in [0.05, 0.1) is 18.8 Å². The Labute approximate surface area is 132 Å². The maximum Gasteiger partial charge on any atom is 0.248 e.